The van der Waals surface area contributed by atoms with E-state index in [0.717, 1.165) is 0 Å². The van der Waals surface area contributed by atoms with Gasteiger partial charge < -0.3 is 4.74 Å². The zero-order valence-electron chi connectivity index (χ0n) is 7.78. The molecule has 0 atom stereocenters. The quantitative estimate of drug-likeness (QED) is 0.788. The van der Waals surface area contributed by atoms with Crippen molar-refractivity contribution in [2.45, 2.75) is 5.88 Å². The number of hydrogen-bond donors (Lipinski definition) is 0. The molecule has 0 aliphatic carbocycles. The van der Waals surface area contributed by atoms with Crippen molar-refractivity contribution in [3.8, 4) is 10.9 Å². The highest BCUT2D eigenvalue weighted by molar-refractivity contribution is 7.13. The Kier molecular flexibility index (Phi) is 3.86. The van der Waals surface area contributed by atoms with Gasteiger partial charge in [0.25, 0.3) is 5.19 Å². The fourth-order valence-corrected chi connectivity index (χ4v) is 2.20. The maximum absolute atomic E-state index is 5.94. The Morgan fingerprint density at radius 3 is 2.69 bits per heavy atom. The number of benzene rings is 1. The lowest BCUT2D eigenvalue weighted by atomic mass is 10.3. The van der Waals surface area contributed by atoms with Crippen LogP contribution in [0.2, 0.25) is 10.0 Å². The summed E-state index contributed by atoms with van der Waals surface area (Å²) < 4.78 is 5.44. The fourth-order valence-electron chi connectivity index (χ4n) is 0.985. The van der Waals surface area contributed by atoms with Crippen LogP contribution in [0.4, 0.5) is 0 Å². The maximum Gasteiger partial charge on any atom is 0.299 e. The van der Waals surface area contributed by atoms with Gasteiger partial charge in [0.05, 0.1) is 10.9 Å². The molecular formula is C9H5Cl3N2OS. The van der Waals surface area contributed by atoms with E-state index in [4.69, 9.17) is 39.5 Å². The van der Waals surface area contributed by atoms with E-state index < -0.39 is 0 Å². The third-order valence-corrected chi connectivity index (χ3v) is 3.40. The van der Waals surface area contributed by atoms with E-state index in [1.54, 1.807) is 18.2 Å². The van der Waals surface area contributed by atoms with E-state index in [-0.39, 0.29) is 0 Å². The second kappa shape index (κ2) is 5.19. The zero-order chi connectivity index (χ0) is 11.5. The third kappa shape index (κ3) is 2.77. The topological polar surface area (TPSA) is 35.0 Å². The summed E-state index contributed by atoms with van der Waals surface area (Å²) >= 11 is 18.6. The van der Waals surface area contributed by atoms with E-state index in [0.29, 0.717) is 31.9 Å². The second-order valence-corrected chi connectivity index (χ2v) is 4.91. The predicted molar refractivity (Wildman–Crippen MR) is 66.0 cm³/mol. The zero-order valence-corrected chi connectivity index (χ0v) is 10.9. The molecule has 0 aliphatic heterocycles. The van der Waals surface area contributed by atoms with Gasteiger partial charge in [-0.25, -0.2) is 0 Å². The largest absolute Gasteiger partial charge is 0.428 e. The number of alkyl halides is 1. The molecule has 1 heterocycles. The smallest absolute Gasteiger partial charge is 0.299 e. The third-order valence-electron chi connectivity index (χ3n) is 1.65. The van der Waals surface area contributed by atoms with Crippen molar-refractivity contribution in [3.05, 3.63) is 33.3 Å². The van der Waals surface area contributed by atoms with E-state index in [9.17, 15) is 0 Å². The molecule has 1 aromatic heterocycles. The van der Waals surface area contributed by atoms with Crippen LogP contribution in [0.5, 0.6) is 10.9 Å². The number of ether oxygens (including phenoxy) is 1. The minimum absolute atomic E-state index is 0.315. The van der Waals surface area contributed by atoms with Crippen molar-refractivity contribution >= 4 is 46.1 Å². The summed E-state index contributed by atoms with van der Waals surface area (Å²) in [4.78, 5) is 0. The fraction of sp³-hybridized carbons (Fsp3) is 0.111. The Hall–Kier alpha value is -0.550. The lowest BCUT2D eigenvalue weighted by Gasteiger charge is -2.03. The normalized spacial score (nSPS) is 10.4. The predicted octanol–water partition coefficient (Wildman–Crippen LogP) is 4.38. The number of halogens is 3. The molecule has 2 aromatic rings. The molecule has 0 unspecified atom stereocenters. The molecule has 0 radical (unpaired) electrons. The highest BCUT2D eigenvalue weighted by Gasteiger charge is 2.08. The Morgan fingerprint density at radius 2 is 2.06 bits per heavy atom. The highest BCUT2D eigenvalue weighted by atomic mass is 35.5. The van der Waals surface area contributed by atoms with Gasteiger partial charge in [-0.2, -0.15) is 0 Å². The van der Waals surface area contributed by atoms with Crippen LogP contribution in [-0.4, -0.2) is 10.2 Å². The standard InChI is InChI=1S/C9H5Cl3N2OS/c10-4-8-13-14-9(16-8)15-7-2-1-5(11)3-6(7)12/h1-3H,4H2. The van der Waals surface area contributed by atoms with Gasteiger partial charge >= 0.3 is 0 Å². The first-order valence-electron chi connectivity index (χ1n) is 4.20. The van der Waals surface area contributed by atoms with E-state index in [1.165, 1.54) is 11.3 Å². The number of hydrogen-bond acceptors (Lipinski definition) is 4. The van der Waals surface area contributed by atoms with Crippen LogP contribution in [0.1, 0.15) is 5.01 Å². The molecule has 0 spiro atoms. The summed E-state index contributed by atoms with van der Waals surface area (Å²) in [6, 6.07) is 4.96. The van der Waals surface area contributed by atoms with E-state index in [1.807, 2.05) is 0 Å². The summed E-state index contributed by atoms with van der Waals surface area (Å²) in [5.74, 6) is 0.804. The van der Waals surface area contributed by atoms with Crippen molar-refractivity contribution in [3.63, 3.8) is 0 Å². The first-order valence-corrected chi connectivity index (χ1v) is 6.31. The highest BCUT2D eigenvalue weighted by Crippen LogP contribution is 2.32. The van der Waals surface area contributed by atoms with Crippen molar-refractivity contribution in [2.24, 2.45) is 0 Å². The maximum atomic E-state index is 5.94. The summed E-state index contributed by atoms with van der Waals surface area (Å²) in [5, 5.41) is 9.71. The molecule has 0 aliphatic rings. The summed E-state index contributed by atoms with van der Waals surface area (Å²) in [6.07, 6.45) is 0. The van der Waals surface area contributed by atoms with Gasteiger partial charge in [0.15, 0.2) is 0 Å². The Labute approximate surface area is 111 Å². The van der Waals surface area contributed by atoms with Crippen LogP contribution >= 0.6 is 46.1 Å². The molecule has 0 N–H and O–H groups in total. The minimum Gasteiger partial charge on any atom is -0.428 e. The number of aromatic nitrogens is 2. The molecule has 16 heavy (non-hydrogen) atoms. The van der Waals surface area contributed by atoms with Gasteiger partial charge in [-0.05, 0) is 18.2 Å². The van der Waals surface area contributed by atoms with Gasteiger partial charge in [-0.1, -0.05) is 39.6 Å². The van der Waals surface area contributed by atoms with Crippen molar-refractivity contribution in [1.29, 1.82) is 0 Å². The summed E-state index contributed by atoms with van der Waals surface area (Å²) in [7, 11) is 0. The summed E-state index contributed by atoms with van der Waals surface area (Å²) in [6.45, 7) is 0. The van der Waals surface area contributed by atoms with Gasteiger partial charge in [-0.15, -0.1) is 16.7 Å². The molecule has 0 saturated carbocycles. The van der Waals surface area contributed by atoms with E-state index >= 15 is 0 Å². The molecule has 0 saturated heterocycles. The van der Waals surface area contributed by atoms with Crippen molar-refractivity contribution < 1.29 is 4.74 Å². The number of nitrogens with zero attached hydrogens (tertiary/aromatic N) is 2. The average molecular weight is 296 g/mol. The van der Waals surface area contributed by atoms with Crippen LogP contribution in [0.15, 0.2) is 18.2 Å². The Bertz CT molecular complexity index is 503. The molecular weight excluding hydrogens is 291 g/mol. The molecule has 0 bridgehead atoms. The van der Waals surface area contributed by atoms with Gasteiger partial charge in [0.1, 0.15) is 10.8 Å². The Morgan fingerprint density at radius 1 is 1.25 bits per heavy atom. The van der Waals surface area contributed by atoms with Gasteiger partial charge in [0.2, 0.25) is 0 Å². The summed E-state index contributed by atoms with van der Waals surface area (Å²) in [5.41, 5.74) is 0. The van der Waals surface area contributed by atoms with Gasteiger partial charge in [-0.3, -0.25) is 0 Å². The molecule has 84 valence electrons. The van der Waals surface area contributed by atoms with Crippen LogP contribution in [0, 0.1) is 0 Å². The minimum atomic E-state index is 0.315. The van der Waals surface area contributed by atoms with Gasteiger partial charge in [0, 0.05) is 5.02 Å². The van der Waals surface area contributed by atoms with Crippen LogP contribution in [-0.2, 0) is 5.88 Å². The second-order valence-electron chi connectivity index (χ2n) is 2.77. The van der Waals surface area contributed by atoms with Crippen LogP contribution < -0.4 is 4.74 Å². The molecule has 0 amide bonds. The first-order chi connectivity index (χ1) is 7.69. The van der Waals surface area contributed by atoms with E-state index in [2.05, 4.69) is 10.2 Å². The van der Waals surface area contributed by atoms with Crippen molar-refractivity contribution in [2.75, 3.05) is 0 Å². The van der Waals surface area contributed by atoms with Crippen molar-refractivity contribution in [1.82, 2.24) is 10.2 Å². The van der Waals surface area contributed by atoms with Crippen LogP contribution in [0.3, 0.4) is 0 Å². The lowest BCUT2D eigenvalue weighted by molar-refractivity contribution is 0.473. The SMILES string of the molecule is ClCc1nnc(Oc2ccc(Cl)cc2Cl)s1. The molecule has 2 rings (SSSR count). The number of rotatable bonds is 3. The van der Waals surface area contributed by atoms with Crippen LogP contribution in [0.25, 0.3) is 0 Å². The Balaban J connectivity index is 2.20. The lowest BCUT2D eigenvalue weighted by Crippen LogP contribution is -1.84. The average Bonchev–Trinajstić information content (AvgIpc) is 2.70. The molecule has 1 aromatic carbocycles. The molecule has 0 fully saturated rings. The monoisotopic (exact) mass is 294 g/mol. The molecule has 3 nitrogen and oxygen atoms in total. The molecule has 7 heteroatoms. The first kappa shape index (κ1) is 11.9.